The summed E-state index contributed by atoms with van der Waals surface area (Å²) in [5.41, 5.74) is 3.34. The third-order valence-corrected chi connectivity index (χ3v) is 3.34. The maximum Gasteiger partial charge on any atom is 0.123 e. The van der Waals surface area contributed by atoms with Crippen LogP contribution in [0.2, 0.25) is 0 Å². The number of benzene rings is 1. The van der Waals surface area contributed by atoms with Gasteiger partial charge in [0.1, 0.15) is 5.75 Å². The summed E-state index contributed by atoms with van der Waals surface area (Å²) in [6.07, 6.45) is 0. The van der Waals surface area contributed by atoms with Gasteiger partial charge in [-0.2, -0.15) is 5.10 Å². The predicted octanol–water partition coefficient (Wildman–Crippen LogP) is 3.67. The Morgan fingerprint density at radius 1 is 1.00 bits per heavy atom. The minimum Gasteiger partial charge on any atom is -0.507 e. The average Bonchev–Trinajstić information content (AvgIpc) is 2.25. The first-order valence-corrected chi connectivity index (χ1v) is 6.61. The minimum absolute atomic E-state index is 0.130. The number of phenols is 1. The van der Waals surface area contributed by atoms with Crippen LogP contribution in [-0.2, 0) is 10.8 Å². The predicted molar refractivity (Wildman–Crippen MR) is 81.9 cm³/mol. The third-order valence-electron chi connectivity index (χ3n) is 3.34. The van der Waals surface area contributed by atoms with Crippen molar-refractivity contribution in [1.82, 2.24) is 0 Å². The highest BCUT2D eigenvalue weighted by Crippen LogP contribution is 2.39. The number of nitrogens with two attached hydrogens (primary N) is 1. The van der Waals surface area contributed by atoms with Crippen LogP contribution >= 0.6 is 0 Å². The van der Waals surface area contributed by atoms with Gasteiger partial charge in [-0.1, -0.05) is 41.5 Å². The molecular formula is C16H26N2O. The normalized spacial score (nSPS) is 13.7. The van der Waals surface area contributed by atoms with Gasteiger partial charge >= 0.3 is 0 Å². The van der Waals surface area contributed by atoms with Gasteiger partial charge in [-0.3, -0.25) is 0 Å². The van der Waals surface area contributed by atoms with E-state index in [1.165, 1.54) is 0 Å². The molecule has 0 saturated heterocycles. The molecule has 0 unspecified atom stereocenters. The van der Waals surface area contributed by atoms with Crippen molar-refractivity contribution in [3.63, 3.8) is 0 Å². The number of hydrogen-bond acceptors (Lipinski definition) is 3. The number of nitrogens with zero attached hydrogens (tertiary/aromatic N) is 1. The molecular weight excluding hydrogens is 236 g/mol. The van der Waals surface area contributed by atoms with Gasteiger partial charge in [0.2, 0.25) is 0 Å². The highest BCUT2D eigenvalue weighted by Gasteiger charge is 2.26. The topological polar surface area (TPSA) is 58.6 Å². The zero-order valence-corrected chi connectivity index (χ0v) is 13.1. The standard InChI is InChI=1S/C16H26N2O/c1-10(18-17)11-8-12(15(2,3)4)14(19)13(9-11)16(5,6)7/h8-9,19H,17H2,1-7H3. The van der Waals surface area contributed by atoms with Gasteiger partial charge in [0.15, 0.2) is 0 Å². The zero-order valence-electron chi connectivity index (χ0n) is 13.1. The highest BCUT2D eigenvalue weighted by molar-refractivity contribution is 5.99. The van der Waals surface area contributed by atoms with Crippen LogP contribution in [0.25, 0.3) is 0 Å². The molecule has 0 saturated carbocycles. The molecule has 0 aliphatic rings. The second-order valence-electron chi connectivity index (χ2n) is 7.13. The van der Waals surface area contributed by atoms with E-state index >= 15 is 0 Å². The van der Waals surface area contributed by atoms with Gasteiger partial charge in [0.05, 0.1) is 5.71 Å². The molecule has 0 bridgehead atoms. The molecule has 0 aliphatic heterocycles. The molecule has 3 nitrogen and oxygen atoms in total. The Bertz CT molecular complexity index is 467. The van der Waals surface area contributed by atoms with Crippen molar-refractivity contribution in [3.05, 3.63) is 28.8 Å². The molecule has 0 aliphatic carbocycles. The van der Waals surface area contributed by atoms with Crippen LogP contribution in [0.5, 0.6) is 5.75 Å². The zero-order chi connectivity index (χ0) is 15.0. The van der Waals surface area contributed by atoms with Crippen molar-refractivity contribution in [2.75, 3.05) is 0 Å². The van der Waals surface area contributed by atoms with Gasteiger partial charge in [-0.05, 0) is 35.4 Å². The van der Waals surface area contributed by atoms with E-state index in [2.05, 4.69) is 46.6 Å². The average molecular weight is 262 g/mol. The summed E-state index contributed by atoms with van der Waals surface area (Å²) in [6, 6.07) is 3.96. The third kappa shape index (κ3) is 3.28. The summed E-state index contributed by atoms with van der Waals surface area (Å²) in [6.45, 7) is 14.4. The van der Waals surface area contributed by atoms with Crippen LogP contribution in [0.3, 0.4) is 0 Å². The Hall–Kier alpha value is -1.51. The number of rotatable bonds is 1. The summed E-state index contributed by atoms with van der Waals surface area (Å²) < 4.78 is 0. The lowest BCUT2D eigenvalue weighted by Gasteiger charge is -2.28. The molecule has 0 heterocycles. The number of aromatic hydroxyl groups is 1. The summed E-state index contributed by atoms with van der Waals surface area (Å²) in [7, 11) is 0. The lowest BCUT2D eigenvalue weighted by atomic mass is 9.78. The van der Waals surface area contributed by atoms with Crippen molar-refractivity contribution in [1.29, 1.82) is 0 Å². The Balaban J connectivity index is 3.67. The Kier molecular flexibility index (Phi) is 3.99. The fraction of sp³-hybridized carbons (Fsp3) is 0.562. The van der Waals surface area contributed by atoms with Crippen LogP contribution in [-0.4, -0.2) is 10.8 Å². The molecule has 0 spiro atoms. The molecule has 3 heteroatoms. The van der Waals surface area contributed by atoms with Crippen molar-refractivity contribution in [3.8, 4) is 5.75 Å². The molecule has 0 amide bonds. The van der Waals surface area contributed by atoms with Crippen molar-refractivity contribution < 1.29 is 5.11 Å². The maximum atomic E-state index is 10.6. The number of hydrazone groups is 1. The summed E-state index contributed by atoms with van der Waals surface area (Å²) in [5, 5.41) is 14.3. The summed E-state index contributed by atoms with van der Waals surface area (Å²) in [5.74, 6) is 5.77. The van der Waals surface area contributed by atoms with Gasteiger partial charge in [0.25, 0.3) is 0 Å². The van der Waals surface area contributed by atoms with E-state index in [1.807, 2.05) is 19.1 Å². The quantitative estimate of drug-likeness (QED) is 0.461. The fourth-order valence-electron chi connectivity index (χ4n) is 2.06. The van der Waals surface area contributed by atoms with E-state index in [-0.39, 0.29) is 10.8 Å². The van der Waals surface area contributed by atoms with Gasteiger partial charge < -0.3 is 10.9 Å². The van der Waals surface area contributed by atoms with Gasteiger partial charge in [-0.15, -0.1) is 0 Å². The molecule has 19 heavy (non-hydrogen) atoms. The maximum absolute atomic E-state index is 10.6. The van der Waals surface area contributed by atoms with Crippen molar-refractivity contribution >= 4 is 5.71 Å². The SMILES string of the molecule is CC(=NN)c1cc(C(C)(C)C)c(O)c(C(C)(C)C)c1. The van der Waals surface area contributed by atoms with Crippen LogP contribution < -0.4 is 5.84 Å². The first-order valence-electron chi connectivity index (χ1n) is 6.61. The van der Waals surface area contributed by atoms with Gasteiger partial charge in [-0.25, -0.2) is 0 Å². The summed E-state index contributed by atoms with van der Waals surface area (Å²) in [4.78, 5) is 0. The largest absolute Gasteiger partial charge is 0.507 e. The van der Waals surface area contributed by atoms with Crippen LogP contribution in [0, 0.1) is 0 Å². The molecule has 0 fully saturated rings. The molecule has 0 atom stereocenters. The molecule has 3 N–H and O–H groups in total. The summed E-state index contributed by atoms with van der Waals surface area (Å²) >= 11 is 0. The highest BCUT2D eigenvalue weighted by atomic mass is 16.3. The van der Waals surface area contributed by atoms with Crippen LogP contribution in [0.1, 0.15) is 65.2 Å². The van der Waals surface area contributed by atoms with E-state index in [0.717, 1.165) is 22.4 Å². The smallest absolute Gasteiger partial charge is 0.123 e. The minimum atomic E-state index is -0.130. The molecule has 1 aromatic rings. The second kappa shape index (κ2) is 4.87. The number of phenolic OH excluding ortho intramolecular Hbond substituents is 1. The van der Waals surface area contributed by atoms with Crippen LogP contribution in [0.4, 0.5) is 0 Å². The first kappa shape index (κ1) is 15.5. The second-order valence-corrected chi connectivity index (χ2v) is 7.13. The molecule has 0 aromatic heterocycles. The lowest BCUT2D eigenvalue weighted by Crippen LogP contribution is -2.18. The van der Waals surface area contributed by atoms with E-state index in [0.29, 0.717) is 5.75 Å². The molecule has 1 rings (SSSR count). The Morgan fingerprint density at radius 3 is 1.63 bits per heavy atom. The first-order chi connectivity index (χ1) is 8.48. The van der Waals surface area contributed by atoms with E-state index < -0.39 is 0 Å². The van der Waals surface area contributed by atoms with Crippen molar-refractivity contribution in [2.24, 2.45) is 10.9 Å². The van der Waals surface area contributed by atoms with Crippen LogP contribution in [0.15, 0.2) is 17.2 Å². The Morgan fingerprint density at radius 2 is 1.37 bits per heavy atom. The monoisotopic (exact) mass is 262 g/mol. The molecule has 106 valence electrons. The lowest BCUT2D eigenvalue weighted by molar-refractivity contribution is 0.423. The van der Waals surface area contributed by atoms with E-state index in [1.54, 1.807) is 0 Å². The molecule has 1 aromatic carbocycles. The molecule has 0 radical (unpaired) electrons. The van der Waals surface area contributed by atoms with Crippen molar-refractivity contribution in [2.45, 2.75) is 59.3 Å². The number of hydrogen-bond donors (Lipinski definition) is 2. The van der Waals surface area contributed by atoms with Gasteiger partial charge in [0, 0.05) is 11.1 Å². The van der Waals surface area contributed by atoms with E-state index in [4.69, 9.17) is 5.84 Å². The van der Waals surface area contributed by atoms with E-state index in [9.17, 15) is 5.11 Å². The fourth-order valence-corrected chi connectivity index (χ4v) is 2.06. The Labute approximate surface area is 116 Å².